The zero-order valence-corrected chi connectivity index (χ0v) is 14.4. The molecule has 1 aromatic heterocycles. The van der Waals surface area contributed by atoms with Crippen LogP contribution >= 0.6 is 22.9 Å². The number of carbonyl (C=O) groups excluding carboxylic acids is 1. The number of nitrogens with one attached hydrogen (secondary N) is 1. The average Bonchev–Trinajstić information content (AvgIpc) is 2.93. The van der Waals surface area contributed by atoms with E-state index in [1.807, 2.05) is 0 Å². The molecule has 1 amide bonds. The van der Waals surface area contributed by atoms with Crippen molar-refractivity contribution in [2.24, 2.45) is 5.73 Å². The van der Waals surface area contributed by atoms with Crippen molar-refractivity contribution in [3.05, 3.63) is 44.9 Å². The van der Waals surface area contributed by atoms with Crippen LogP contribution in [0.4, 0.5) is 8.78 Å². The lowest BCUT2D eigenvalue weighted by atomic mass is 10.3. The summed E-state index contributed by atoms with van der Waals surface area (Å²) >= 11 is 6.89. The Bertz CT molecular complexity index is 707. The van der Waals surface area contributed by atoms with E-state index >= 15 is 0 Å². The fourth-order valence-corrected chi connectivity index (χ4v) is 2.78. The van der Waals surface area contributed by atoms with E-state index in [4.69, 9.17) is 22.1 Å². The standard InChI is InChI=1S/C15H16ClF2N3O2S/c1-9-13(14(22)20-8-15(17,18)7-19)24-12(21-9)6-23-11-4-2-10(16)3-5-11/h2-5H,6-8,19H2,1H3,(H,20,22). The first-order chi connectivity index (χ1) is 11.3. The van der Waals surface area contributed by atoms with Crippen LogP contribution in [0.25, 0.3) is 0 Å². The van der Waals surface area contributed by atoms with Crippen molar-refractivity contribution in [3.63, 3.8) is 0 Å². The number of alkyl halides is 2. The Hall–Kier alpha value is -1.77. The average molecular weight is 376 g/mol. The summed E-state index contributed by atoms with van der Waals surface area (Å²) in [6, 6.07) is 6.82. The van der Waals surface area contributed by atoms with Crippen LogP contribution in [0.1, 0.15) is 20.4 Å². The lowest BCUT2D eigenvalue weighted by Crippen LogP contribution is -2.41. The third-order valence-electron chi connectivity index (χ3n) is 3.03. The molecule has 1 aromatic carbocycles. The molecular weight excluding hydrogens is 360 g/mol. The Kier molecular flexibility index (Phi) is 6.09. The lowest BCUT2D eigenvalue weighted by molar-refractivity contribution is 0.0119. The highest BCUT2D eigenvalue weighted by molar-refractivity contribution is 7.13. The molecule has 5 nitrogen and oxygen atoms in total. The summed E-state index contributed by atoms with van der Waals surface area (Å²) in [5.41, 5.74) is 5.39. The van der Waals surface area contributed by atoms with E-state index in [0.717, 1.165) is 11.3 Å². The largest absolute Gasteiger partial charge is 0.486 e. The van der Waals surface area contributed by atoms with E-state index in [2.05, 4.69) is 10.3 Å². The van der Waals surface area contributed by atoms with Crippen molar-refractivity contribution < 1.29 is 18.3 Å². The van der Waals surface area contributed by atoms with E-state index < -0.39 is 24.9 Å². The molecule has 0 saturated heterocycles. The van der Waals surface area contributed by atoms with Gasteiger partial charge in [-0.05, 0) is 31.2 Å². The molecule has 2 aromatic rings. The van der Waals surface area contributed by atoms with E-state index in [-0.39, 0.29) is 11.5 Å². The van der Waals surface area contributed by atoms with Crippen molar-refractivity contribution in [1.29, 1.82) is 0 Å². The minimum Gasteiger partial charge on any atom is -0.486 e. The number of nitrogens with two attached hydrogens (primary N) is 1. The van der Waals surface area contributed by atoms with Crippen LogP contribution in [0, 0.1) is 6.92 Å². The van der Waals surface area contributed by atoms with Gasteiger partial charge in [-0.25, -0.2) is 13.8 Å². The van der Waals surface area contributed by atoms with Gasteiger partial charge in [0.05, 0.1) is 18.8 Å². The number of carbonyl (C=O) groups is 1. The lowest BCUT2D eigenvalue weighted by Gasteiger charge is -2.13. The van der Waals surface area contributed by atoms with Crippen LogP contribution in [0.5, 0.6) is 5.75 Å². The number of hydrogen-bond donors (Lipinski definition) is 2. The van der Waals surface area contributed by atoms with Gasteiger partial charge in [-0.3, -0.25) is 4.79 Å². The van der Waals surface area contributed by atoms with Gasteiger partial charge in [0.25, 0.3) is 11.8 Å². The second kappa shape index (κ2) is 7.87. The molecule has 1 heterocycles. The third kappa shape index (κ3) is 5.12. The van der Waals surface area contributed by atoms with Gasteiger partial charge in [-0.15, -0.1) is 11.3 Å². The number of halogens is 3. The number of benzene rings is 1. The van der Waals surface area contributed by atoms with Crippen molar-refractivity contribution in [2.45, 2.75) is 19.5 Å². The van der Waals surface area contributed by atoms with Crippen LogP contribution in [0.15, 0.2) is 24.3 Å². The minimum absolute atomic E-state index is 0.166. The van der Waals surface area contributed by atoms with Crippen LogP contribution in [0.3, 0.4) is 0 Å². The molecule has 0 saturated carbocycles. The quantitative estimate of drug-likeness (QED) is 0.779. The van der Waals surface area contributed by atoms with Crippen molar-refractivity contribution in [3.8, 4) is 5.75 Å². The van der Waals surface area contributed by atoms with E-state index in [9.17, 15) is 13.6 Å². The second-order valence-electron chi connectivity index (χ2n) is 5.01. The summed E-state index contributed by atoms with van der Waals surface area (Å²) in [4.78, 5) is 16.5. The molecule has 3 N–H and O–H groups in total. The number of amides is 1. The van der Waals surface area contributed by atoms with E-state index in [1.165, 1.54) is 0 Å². The second-order valence-corrected chi connectivity index (χ2v) is 6.53. The van der Waals surface area contributed by atoms with Gasteiger partial charge < -0.3 is 15.8 Å². The molecular formula is C15H16ClF2N3O2S. The highest BCUT2D eigenvalue weighted by Gasteiger charge is 2.28. The molecule has 0 bridgehead atoms. The number of aromatic nitrogens is 1. The normalized spacial score (nSPS) is 11.4. The first-order valence-electron chi connectivity index (χ1n) is 7.01. The van der Waals surface area contributed by atoms with Crippen LogP contribution in [0.2, 0.25) is 5.02 Å². The Morgan fingerprint density at radius 2 is 2.08 bits per heavy atom. The summed E-state index contributed by atoms with van der Waals surface area (Å²) < 4.78 is 31.7. The van der Waals surface area contributed by atoms with Gasteiger partial charge in [0.15, 0.2) is 0 Å². The van der Waals surface area contributed by atoms with E-state index in [0.29, 0.717) is 21.5 Å². The van der Waals surface area contributed by atoms with Gasteiger partial charge >= 0.3 is 0 Å². The first kappa shape index (κ1) is 18.6. The first-order valence-corrected chi connectivity index (χ1v) is 8.21. The summed E-state index contributed by atoms with van der Waals surface area (Å²) in [6.45, 7) is 0.170. The SMILES string of the molecule is Cc1nc(COc2ccc(Cl)cc2)sc1C(=O)NCC(F)(F)CN. The Morgan fingerprint density at radius 1 is 1.42 bits per heavy atom. The van der Waals surface area contributed by atoms with Gasteiger partial charge in [0.1, 0.15) is 22.2 Å². The number of thiazole rings is 1. The van der Waals surface area contributed by atoms with Gasteiger partial charge in [-0.2, -0.15) is 0 Å². The maximum absolute atomic E-state index is 13.1. The highest BCUT2D eigenvalue weighted by atomic mass is 35.5. The molecule has 0 fully saturated rings. The fourth-order valence-electron chi connectivity index (χ4n) is 1.76. The molecule has 130 valence electrons. The third-order valence-corrected chi connectivity index (χ3v) is 4.41. The van der Waals surface area contributed by atoms with Crippen LogP contribution in [-0.2, 0) is 6.61 Å². The van der Waals surface area contributed by atoms with Gasteiger partial charge in [0.2, 0.25) is 0 Å². The van der Waals surface area contributed by atoms with Gasteiger partial charge in [0, 0.05) is 5.02 Å². The van der Waals surface area contributed by atoms with Crippen LogP contribution in [-0.4, -0.2) is 29.9 Å². The topological polar surface area (TPSA) is 77.2 Å². The molecule has 0 aliphatic heterocycles. The zero-order valence-electron chi connectivity index (χ0n) is 12.8. The molecule has 0 unspecified atom stereocenters. The van der Waals surface area contributed by atoms with Crippen molar-refractivity contribution in [1.82, 2.24) is 10.3 Å². The van der Waals surface area contributed by atoms with Gasteiger partial charge in [-0.1, -0.05) is 11.6 Å². The number of hydrogen-bond acceptors (Lipinski definition) is 5. The Balaban J connectivity index is 1.96. The zero-order chi connectivity index (χ0) is 17.7. The molecule has 0 spiro atoms. The maximum Gasteiger partial charge on any atom is 0.277 e. The summed E-state index contributed by atoms with van der Waals surface area (Å²) in [5.74, 6) is -3.12. The smallest absolute Gasteiger partial charge is 0.277 e. The molecule has 0 atom stereocenters. The number of aryl methyl sites for hydroxylation is 1. The van der Waals surface area contributed by atoms with Crippen molar-refractivity contribution >= 4 is 28.8 Å². The van der Waals surface area contributed by atoms with Crippen LogP contribution < -0.4 is 15.8 Å². The highest BCUT2D eigenvalue weighted by Crippen LogP contribution is 2.21. The fraction of sp³-hybridized carbons (Fsp3) is 0.333. The summed E-state index contributed by atoms with van der Waals surface area (Å²) in [5, 5.41) is 3.34. The predicted molar refractivity (Wildman–Crippen MR) is 89.0 cm³/mol. The Morgan fingerprint density at radius 3 is 2.71 bits per heavy atom. The monoisotopic (exact) mass is 375 g/mol. The summed E-state index contributed by atoms with van der Waals surface area (Å²) in [6.07, 6.45) is 0. The van der Waals surface area contributed by atoms with E-state index in [1.54, 1.807) is 31.2 Å². The summed E-state index contributed by atoms with van der Waals surface area (Å²) in [7, 11) is 0. The number of ether oxygens (including phenoxy) is 1. The van der Waals surface area contributed by atoms with Crippen molar-refractivity contribution in [2.75, 3.05) is 13.1 Å². The Labute approximate surface area is 146 Å². The molecule has 0 aliphatic rings. The molecule has 0 radical (unpaired) electrons. The number of nitrogens with zero attached hydrogens (tertiary/aromatic N) is 1. The molecule has 0 aliphatic carbocycles. The molecule has 24 heavy (non-hydrogen) atoms. The maximum atomic E-state index is 13.1. The molecule has 2 rings (SSSR count). The minimum atomic E-state index is -3.13. The predicted octanol–water partition coefficient (Wildman–Crippen LogP) is 3.01. The molecule has 9 heteroatoms. The number of rotatable bonds is 7.